The van der Waals surface area contributed by atoms with Crippen molar-refractivity contribution in [1.29, 1.82) is 0 Å². The average Bonchev–Trinajstić information content (AvgIpc) is 3.21. The summed E-state index contributed by atoms with van der Waals surface area (Å²) in [6.07, 6.45) is 12.3. The molecule has 0 spiro atoms. The summed E-state index contributed by atoms with van der Waals surface area (Å²) in [7, 11) is 1.08. The van der Waals surface area contributed by atoms with E-state index in [1.54, 1.807) is 5.20 Å². The lowest BCUT2D eigenvalue weighted by Crippen LogP contribution is -2.39. The number of unbranched alkanes of at least 4 members (excludes halogenated alkanes) is 5. The first-order chi connectivity index (χ1) is 15.4. The first-order valence-electron chi connectivity index (χ1n) is 12.9. The second-order valence-corrected chi connectivity index (χ2v) is 14.7. The number of rotatable bonds is 14. The number of carbonyl (C=O) groups is 2. The van der Waals surface area contributed by atoms with Gasteiger partial charge in [-0.15, -0.1) is 0 Å². The van der Waals surface area contributed by atoms with Crippen molar-refractivity contribution in [2.45, 2.75) is 117 Å². The molecular formula is C27H48O4Si. The minimum absolute atomic E-state index is 0.409. The van der Waals surface area contributed by atoms with E-state index in [-0.39, 0.29) is 0 Å². The van der Waals surface area contributed by atoms with Gasteiger partial charge in [-0.3, -0.25) is 9.59 Å². The molecule has 0 bridgehead atoms. The predicted molar refractivity (Wildman–Crippen MR) is 136 cm³/mol. The van der Waals surface area contributed by atoms with Crippen molar-refractivity contribution in [2.24, 2.45) is 5.41 Å². The van der Waals surface area contributed by atoms with E-state index < -0.39 is 25.4 Å². The van der Waals surface area contributed by atoms with Crippen molar-refractivity contribution < 1.29 is 19.1 Å². The monoisotopic (exact) mass is 464 g/mol. The molecule has 1 aliphatic carbocycles. The molecule has 0 atom stereocenters. The maximum atomic E-state index is 13.0. The van der Waals surface area contributed by atoms with Crippen LogP contribution in [0.2, 0.25) is 18.1 Å². The minimum atomic E-state index is -1.68. The summed E-state index contributed by atoms with van der Waals surface area (Å²) in [6.45, 7) is 11.5. The smallest absolute Gasteiger partial charge is 0.323 e. The van der Waals surface area contributed by atoms with Crippen LogP contribution in [0.3, 0.4) is 0 Å². The number of hydrogen-bond donors (Lipinski definition) is 0. The largest absolute Gasteiger partial charge is 0.468 e. The SMILES string of the molecule is CCCCC/C=C1\CC(C(=O)OC)(C(=O)OC)C\C1=C(/CCCCC)[Si](CC)(CC)CC. The van der Waals surface area contributed by atoms with Crippen molar-refractivity contribution in [1.82, 2.24) is 0 Å². The van der Waals surface area contributed by atoms with Crippen LogP contribution in [0.1, 0.15) is 98.8 Å². The maximum absolute atomic E-state index is 13.0. The Balaban J connectivity index is 3.70. The Morgan fingerprint density at radius 2 is 1.38 bits per heavy atom. The van der Waals surface area contributed by atoms with E-state index in [0.717, 1.165) is 19.3 Å². The molecule has 184 valence electrons. The molecule has 1 rings (SSSR count). The molecule has 0 radical (unpaired) electrons. The third-order valence-electron chi connectivity index (χ3n) is 7.77. The maximum Gasteiger partial charge on any atom is 0.323 e. The fourth-order valence-electron chi connectivity index (χ4n) is 5.52. The van der Waals surface area contributed by atoms with Gasteiger partial charge in [-0.1, -0.05) is 89.7 Å². The van der Waals surface area contributed by atoms with Crippen molar-refractivity contribution in [3.63, 3.8) is 0 Å². The molecule has 1 saturated carbocycles. The standard InChI is InChI=1S/C27H48O4Si/c1-8-13-15-17-18-22-20-27(25(28)30-6,26(29)31-7)21-23(22)24(19-16-14-9-2)32(10-3,11-4)12-5/h18H,8-17,19-21H2,1-7H3/b22-18+,24-23-. The number of allylic oxidation sites excluding steroid dienone is 4. The van der Waals surface area contributed by atoms with E-state index in [4.69, 9.17) is 9.47 Å². The zero-order chi connectivity index (χ0) is 24.2. The molecule has 0 N–H and O–H groups in total. The fraction of sp³-hybridized carbons (Fsp3) is 0.778. The van der Waals surface area contributed by atoms with Crippen LogP contribution in [0.15, 0.2) is 22.4 Å². The molecule has 1 aliphatic rings. The first kappa shape index (κ1) is 28.7. The Hall–Kier alpha value is -1.36. The Bertz CT molecular complexity index is 649. The summed E-state index contributed by atoms with van der Waals surface area (Å²) in [4.78, 5) is 26.0. The van der Waals surface area contributed by atoms with Crippen LogP contribution in [-0.4, -0.2) is 34.2 Å². The second-order valence-electron chi connectivity index (χ2n) is 9.40. The van der Waals surface area contributed by atoms with Crippen LogP contribution in [0.4, 0.5) is 0 Å². The molecule has 32 heavy (non-hydrogen) atoms. The van der Waals surface area contributed by atoms with Crippen LogP contribution in [0.5, 0.6) is 0 Å². The van der Waals surface area contributed by atoms with E-state index in [9.17, 15) is 9.59 Å². The molecule has 0 amide bonds. The van der Waals surface area contributed by atoms with Gasteiger partial charge in [0.25, 0.3) is 0 Å². The average molecular weight is 465 g/mol. The highest BCUT2D eigenvalue weighted by Crippen LogP contribution is 2.51. The van der Waals surface area contributed by atoms with Crippen molar-refractivity contribution in [3.05, 3.63) is 22.4 Å². The Morgan fingerprint density at radius 3 is 1.84 bits per heavy atom. The van der Waals surface area contributed by atoms with Gasteiger partial charge in [-0.2, -0.15) is 0 Å². The van der Waals surface area contributed by atoms with Gasteiger partial charge in [-0.25, -0.2) is 0 Å². The molecule has 0 unspecified atom stereocenters. The zero-order valence-corrected chi connectivity index (χ0v) is 22.9. The molecule has 1 fully saturated rings. The topological polar surface area (TPSA) is 52.6 Å². The summed E-state index contributed by atoms with van der Waals surface area (Å²) >= 11 is 0. The van der Waals surface area contributed by atoms with Gasteiger partial charge >= 0.3 is 11.9 Å². The van der Waals surface area contributed by atoms with Gasteiger partial charge in [0.05, 0.1) is 22.3 Å². The Kier molecular flexibility index (Phi) is 12.6. The van der Waals surface area contributed by atoms with Crippen molar-refractivity contribution in [3.8, 4) is 0 Å². The Labute approximate surface area is 198 Å². The lowest BCUT2D eigenvalue weighted by Gasteiger charge is -2.34. The van der Waals surface area contributed by atoms with E-state index >= 15 is 0 Å². The lowest BCUT2D eigenvalue weighted by molar-refractivity contribution is -0.168. The summed E-state index contributed by atoms with van der Waals surface area (Å²) < 4.78 is 10.3. The van der Waals surface area contributed by atoms with Crippen LogP contribution < -0.4 is 0 Å². The van der Waals surface area contributed by atoms with Crippen molar-refractivity contribution >= 4 is 20.0 Å². The summed E-state index contributed by atoms with van der Waals surface area (Å²) in [5.74, 6) is -0.910. The molecule has 0 aliphatic heterocycles. The highest BCUT2D eigenvalue weighted by Gasteiger charge is 2.55. The van der Waals surface area contributed by atoms with Gasteiger partial charge < -0.3 is 9.47 Å². The first-order valence-corrected chi connectivity index (χ1v) is 15.6. The van der Waals surface area contributed by atoms with Crippen LogP contribution in [-0.2, 0) is 19.1 Å². The van der Waals surface area contributed by atoms with Crippen molar-refractivity contribution in [2.75, 3.05) is 14.2 Å². The third kappa shape index (κ3) is 6.36. The van der Waals surface area contributed by atoms with Crippen LogP contribution >= 0.6 is 0 Å². The molecular weight excluding hydrogens is 416 g/mol. The molecule has 0 heterocycles. The number of hydrogen-bond acceptors (Lipinski definition) is 4. The second kappa shape index (κ2) is 14.0. The van der Waals surface area contributed by atoms with E-state index in [2.05, 4.69) is 40.7 Å². The molecule has 0 aromatic rings. The Morgan fingerprint density at radius 1 is 0.844 bits per heavy atom. The molecule has 0 aromatic carbocycles. The quantitative estimate of drug-likeness (QED) is 0.115. The fourth-order valence-corrected chi connectivity index (χ4v) is 9.89. The van der Waals surface area contributed by atoms with E-state index in [0.29, 0.717) is 12.8 Å². The van der Waals surface area contributed by atoms with E-state index in [1.807, 2.05) is 0 Å². The molecule has 0 aromatic heterocycles. The number of carbonyl (C=O) groups excluding carboxylic acids is 2. The summed E-state index contributed by atoms with van der Waals surface area (Å²) in [6, 6.07) is 3.62. The zero-order valence-electron chi connectivity index (χ0n) is 21.9. The number of ether oxygens (including phenoxy) is 2. The third-order valence-corrected chi connectivity index (χ3v) is 13.7. The molecule has 4 nitrogen and oxygen atoms in total. The lowest BCUT2D eigenvalue weighted by atomic mass is 9.85. The summed E-state index contributed by atoms with van der Waals surface area (Å²) in [5, 5.41) is 1.61. The van der Waals surface area contributed by atoms with Crippen LogP contribution in [0, 0.1) is 5.41 Å². The predicted octanol–water partition coefficient (Wildman–Crippen LogP) is 7.54. The van der Waals surface area contributed by atoms with E-state index in [1.165, 1.54) is 75.6 Å². The van der Waals surface area contributed by atoms with Gasteiger partial charge in [0, 0.05) is 0 Å². The van der Waals surface area contributed by atoms with Crippen LogP contribution in [0.25, 0.3) is 0 Å². The van der Waals surface area contributed by atoms with Gasteiger partial charge in [-0.05, 0) is 49.7 Å². The van der Waals surface area contributed by atoms with Gasteiger partial charge in [0.15, 0.2) is 5.41 Å². The number of esters is 2. The minimum Gasteiger partial charge on any atom is -0.468 e. The molecule has 5 heteroatoms. The highest BCUT2D eigenvalue weighted by atomic mass is 28.3. The number of methoxy groups -OCH3 is 2. The summed E-state index contributed by atoms with van der Waals surface area (Å²) in [5.41, 5.74) is 1.27. The highest BCUT2D eigenvalue weighted by molar-refractivity contribution is 6.86. The normalized spacial score (nSPS) is 18.7. The van der Waals surface area contributed by atoms with Gasteiger partial charge in [0.1, 0.15) is 0 Å². The van der Waals surface area contributed by atoms with Gasteiger partial charge in [0.2, 0.25) is 0 Å². The molecule has 0 saturated heterocycles.